The number of ketones is 1. The van der Waals surface area contributed by atoms with Crippen molar-refractivity contribution < 1.29 is 9.32 Å². The minimum Gasteiger partial charge on any atom is -0.338 e. The Hall–Kier alpha value is -1.46. The van der Waals surface area contributed by atoms with Gasteiger partial charge in [0.15, 0.2) is 0 Å². The van der Waals surface area contributed by atoms with E-state index in [2.05, 4.69) is 15.1 Å². The second-order valence-corrected chi connectivity index (χ2v) is 5.55. The normalized spacial score (nSPS) is 19.3. The molecule has 1 aliphatic rings. The predicted molar refractivity (Wildman–Crippen MR) is 73.8 cm³/mol. The van der Waals surface area contributed by atoms with Gasteiger partial charge in [0.25, 0.3) is 0 Å². The number of rotatable bonds is 2. The molecule has 0 bridgehead atoms. The molecule has 1 fully saturated rings. The van der Waals surface area contributed by atoms with E-state index in [4.69, 9.17) is 27.7 Å². The molecule has 0 N–H and O–H groups in total. The molecule has 2 aromatic rings. The van der Waals surface area contributed by atoms with Gasteiger partial charge in [0.05, 0.1) is 16.0 Å². The van der Waals surface area contributed by atoms with Gasteiger partial charge in [-0.15, -0.1) is 0 Å². The van der Waals surface area contributed by atoms with Crippen LogP contribution in [0.2, 0.25) is 10.0 Å². The third kappa shape index (κ3) is 2.55. The minimum atomic E-state index is -0.295. The fraction of sp³-hybridized carbons (Fsp3) is 0.385. The Labute approximate surface area is 125 Å². The summed E-state index contributed by atoms with van der Waals surface area (Å²) < 4.78 is 5.20. The first-order chi connectivity index (χ1) is 9.65. The van der Waals surface area contributed by atoms with Crippen molar-refractivity contribution in [2.24, 2.45) is 0 Å². The van der Waals surface area contributed by atoms with Crippen LogP contribution in [-0.2, 0) is 4.79 Å². The summed E-state index contributed by atoms with van der Waals surface area (Å²) in [5.74, 6) is 0.482. The zero-order chi connectivity index (χ0) is 14.1. The second-order valence-electron chi connectivity index (χ2n) is 4.70. The van der Waals surface area contributed by atoms with Crippen LogP contribution < -0.4 is 0 Å². The summed E-state index contributed by atoms with van der Waals surface area (Å²) in [7, 11) is 0. The van der Waals surface area contributed by atoms with E-state index in [0.29, 0.717) is 28.1 Å². The average Bonchev–Trinajstić information content (AvgIpc) is 2.88. The van der Waals surface area contributed by atoms with Crippen LogP contribution in [-0.4, -0.2) is 20.9 Å². The van der Waals surface area contributed by atoms with E-state index < -0.39 is 0 Å². The molecule has 3 rings (SSSR count). The second kappa shape index (κ2) is 5.50. The molecule has 1 saturated carbocycles. The molecule has 0 aliphatic heterocycles. The van der Waals surface area contributed by atoms with Crippen molar-refractivity contribution >= 4 is 29.0 Å². The Kier molecular flexibility index (Phi) is 3.72. The van der Waals surface area contributed by atoms with E-state index in [0.717, 1.165) is 19.3 Å². The maximum Gasteiger partial charge on any atom is 0.237 e. The Morgan fingerprint density at radius 2 is 2.15 bits per heavy atom. The Balaban J connectivity index is 1.91. The lowest BCUT2D eigenvalue weighted by molar-refractivity contribution is -0.122. The molecule has 1 atom stereocenters. The predicted octanol–water partition coefficient (Wildman–Crippen LogP) is 3.67. The van der Waals surface area contributed by atoms with Crippen LogP contribution >= 0.6 is 23.2 Å². The number of carbonyl (C=O) groups excluding carboxylic acids is 1. The largest absolute Gasteiger partial charge is 0.338 e. The standard InChI is InChI=1S/C13H11Cl2N3O2/c14-7-5-9(15)11(16-6-7)12-17-13(20-18-12)8-3-1-2-4-10(8)19/h5-6,8H,1-4H2. The lowest BCUT2D eigenvalue weighted by atomic mass is 9.88. The van der Waals surface area contributed by atoms with Crippen LogP contribution in [0.4, 0.5) is 0 Å². The van der Waals surface area contributed by atoms with Gasteiger partial charge in [0.2, 0.25) is 11.7 Å². The highest BCUT2D eigenvalue weighted by atomic mass is 35.5. The maximum atomic E-state index is 11.9. The summed E-state index contributed by atoms with van der Waals surface area (Å²) in [6.45, 7) is 0. The smallest absolute Gasteiger partial charge is 0.237 e. The number of hydrogen-bond donors (Lipinski definition) is 0. The molecule has 1 aliphatic carbocycles. The first kappa shape index (κ1) is 13.5. The van der Waals surface area contributed by atoms with Gasteiger partial charge in [-0.25, -0.2) is 4.98 Å². The fourth-order valence-corrected chi connectivity index (χ4v) is 2.76. The van der Waals surface area contributed by atoms with Crippen LogP contribution in [0.1, 0.15) is 37.5 Å². The molecule has 0 aromatic carbocycles. The van der Waals surface area contributed by atoms with Gasteiger partial charge in [-0.2, -0.15) is 4.98 Å². The summed E-state index contributed by atoms with van der Waals surface area (Å²) in [4.78, 5) is 20.2. The zero-order valence-corrected chi connectivity index (χ0v) is 12.0. The van der Waals surface area contributed by atoms with Crippen molar-refractivity contribution in [1.82, 2.24) is 15.1 Å². The summed E-state index contributed by atoms with van der Waals surface area (Å²) in [6.07, 6.45) is 4.71. The van der Waals surface area contributed by atoms with Crippen molar-refractivity contribution in [1.29, 1.82) is 0 Å². The minimum absolute atomic E-state index is 0.154. The Bertz CT molecular complexity index is 657. The van der Waals surface area contributed by atoms with Gasteiger partial charge in [-0.3, -0.25) is 4.79 Å². The van der Waals surface area contributed by atoms with E-state index in [-0.39, 0.29) is 17.5 Å². The van der Waals surface area contributed by atoms with E-state index in [1.807, 2.05) is 0 Å². The lowest BCUT2D eigenvalue weighted by Gasteiger charge is -2.16. The lowest BCUT2D eigenvalue weighted by Crippen LogP contribution is -2.17. The molecular formula is C13H11Cl2N3O2. The fourth-order valence-electron chi connectivity index (χ4n) is 2.30. The highest BCUT2D eigenvalue weighted by Crippen LogP contribution is 2.31. The number of aromatic nitrogens is 3. The Morgan fingerprint density at radius 3 is 2.90 bits per heavy atom. The molecule has 2 heterocycles. The topological polar surface area (TPSA) is 68.9 Å². The van der Waals surface area contributed by atoms with Gasteiger partial charge < -0.3 is 4.52 Å². The molecular weight excluding hydrogens is 301 g/mol. The molecule has 1 unspecified atom stereocenters. The Morgan fingerprint density at radius 1 is 1.30 bits per heavy atom. The number of Topliss-reactive ketones (excluding diaryl/α,β-unsaturated/α-hetero) is 1. The number of pyridine rings is 1. The molecule has 0 spiro atoms. The average molecular weight is 312 g/mol. The van der Waals surface area contributed by atoms with Gasteiger partial charge >= 0.3 is 0 Å². The van der Waals surface area contributed by atoms with Crippen molar-refractivity contribution in [3.63, 3.8) is 0 Å². The summed E-state index contributed by atoms with van der Waals surface area (Å²) in [6, 6.07) is 1.56. The van der Waals surface area contributed by atoms with Gasteiger partial charge in [-0.1, -0.05) is 34.8 Å². The van der Waals surface area contributed by atoms with Crippen molar-refractivity contribution in [2.75, 3.05) is 0 Å². The SMILES string of the molecule is O=C1CCCCC1c1nc(-c2ncc(Cl)cc2Cl)no1. The molecule has 104 valence electrons. The zero-order valence-electron chi connectivity index (χ0n) is 10.5. The number of nitrogens with zero attached hydrogens (tertiary/aromatic N) is 3. The summed E-state index contributed by atoms with van der Waals surface area (Å²) in [5.41, 5.74) is 0.398. The molecule has 7 heteroatoms. The van der Waals surface area contributed by atoms with E-state index >= 15 is 0 Å². The molecule has 0 saturated heterocycles. The number of hydrogen-bond acceptors (Lipinski definition) is 5. The van der Waals surface area contributed by atoms with E-state index in [1.165, 1.54) is 6.20 Å². The highest BCUT2D eigenvalue weighted by Gasteiger charge is 2.29. The molecule has 0 amide bonds. The van der Waals surface area contributed by atoms with Crippen LogP contribution in [0.15, 0.2) is 16.8 Å². The third-order valence-electron chi connectivity index (χ3n) is 3.31. The maximum absolute atomic E-state index is 11.9. The molecule has 5 nitrogen and oxygen atoms in total. The van der Waals surface area contributed by atoms with Crippen LogP contribution in [0.25, 0.3) is 11.5 Å². The van der Waals surface area contributed by atoms with Crippen LogP contribution in [0.5, 0.6) is 0 Å². The quantitative estimate of drug-likeness (QED) is 0.846. The van der Waals surface area contributed by atoms with Crippen molar-refractivity contribution in [3.8, 4) is 11.5 Å². The summed E-state index contributed by atoms with van der Waals surface area (Å²) in [5, 5.41) is 4.64. The third-order valence-corrected chi connectivity index (χ3v) is 3.81. The molecule has 2 aromatic heterocycles. The number of halogens is 2. The van der Waals surface area contributed by atoms with Crippen molar-refractivity contribution in [3.05, 3.63) is 28.2 Å². The van der Waals surface area contributed by atoms with Gasteiger partial charge in [0.1, 0.15) is 11.5 Å². The van der Waals surface area contributed by atoms with E-state index in [1.54, 1.807) is 6.07 Å². The first-order valence-corrected chi connectivity index (χ1v) is 7.08. The van der Waals surface area contributed by atoms with Gasteiger partial charge in [-0.05, 0) is 18.9 Å². The highest BCUT2D eigenvalue weighted by molar-refractivity contribution is 6.35. The molecule has 20 heavy (non-hydrogen) atoms. The van der Waals surface area contributed by atoms with Crippen molar-refractivity contribution in [2.45, 2.75) is 31.6 Å². The monoisotopic (exact) mass is 311 g/mol. The van der Waals surface area contributed by atoms with Gasteiger partial charge in [0, 0.05) is 12.6 Å². The van der Waals surface area contributed by atoms with Crippen LogP contribution in [0, 0.1) is 0 Å². The first-order valence-electron chi connectivity index (χ1n) is 6.33. The molecule has 0 radical (unpaired) electrons. The van der Waals surface area contributed by atoms with E-state index in [9.17, 15) is 4.79 Å². The van der Waals surface area contributed by atoms with Crippen LogP contribution in [0.3, 0.4) is 0 Å². The summed E-state index contributed by atoms with van der Waals surface area (Å²) >= 11 is 11.8. The number of carbonyl (C=O) groups is 1.